The molecular weight excluding hydrogens is 204 g/mol. The molecule has 0 heterocycles. The van der Waals surface area contributed by atoms with Crippen LogP contribution in [0.2, 0.25) is 0 Å². The SMILES string of the molecule is CC(C)(O)COOC(=O)CCCC(=O)O. The summed E-state index contributed by atoms with van der Waals surface area (Å²) in [6.45, 7) is 2.88. The highest BCUT2D eigenvalue weighted by Crippen LogP contribution is 2.03. The van der Waals surface area contributed by atoms with E-state index in [1.807, 2.05) is 0 Å². The van der Waals surface area contributed by atoms with Gasteiger partial charge in [-0.1, -0.05) is 0 Å². The molecule has 0 aromatic rings. The van der Waals surface area contributed by atoms with E-state index in [0.29, 0.717) is 0 Å². The minimum Gasteiger partial charge on any atom is -0.481 e. The minimum atomic E-state index is -1.07. The molecule has 0 spiro atoms. The summed E-state index contributed by atoms with van der Waals surface area (Å²) in [5, 5.41) is 17.5. The molecule has 0 unspecified atom stereocenters. The summed E-state index contributed by atoms with van der Waals surface area (Å²) in [7, 11) is 0. The second-order valence-electron chi connectivity index (χ2n) is 3.78. The maximum atomic E-state index is 10.9. The van der Waals surface area contributed by atoms with E-state index in [-0.39, 0.29) is 25.9 Å². The summed E-state index contributed by atoms with van der Waals surface area (Å²) in [5.41, 5.74) is -1.07. The maximum absolute atomic E-state index is 10.9. The fourth-order valence-electron chi connectivity index (χ4n) is 0.665. The van der Waals surface area contributed by atoms with Crippen molar-refractivity contribution in [2.75, 3.05) is 6.61 Å². The summed E-state index contributed by atoms with van der Waals surface area (Å²) in [4.78, 5) is 29.8. The molecule has 0 aromatic heterocycles. The summed E-state index contributed by atoms with van der Waals surface area (Å²) in [6.07, 6.45) is 0.110. The van der Waals surface area contributed by atoms with Crippen LogP contribution in [0.25, 0.3) is 0 Å². The van der Waals surface area contributed by atoms with E-state index in [1.165, 1.54) is 13.8 Å². The van der Waals surface area contributed by atoms with Crippen LogP contribution in [0.4, 0.5) is 0 Å². The standard InChI is InChI=1S/C9H16O6/c1-9(2,13)6-14-15-8(12)5-3-4-7(10)11/h13H,3-6H2,1-2H3,(H,10,11). The van der Waals surface area contributed by atoms with Crippen molar-refractivity contribution in [2.24, 2.45) is 0 Å². The Labute approximate surface area is 87.7 Å². The van der Waals surface area contributed by atoms with Gasteiger partial charge in [-0.15, -0.1) is 0 Å². The largest absolute Gasteiger partial charge is 0.481 e. The van der Waals surface area contributed by atoms with Gasteiger partial charge in [-0.3, -0.25) is 9.68 Å². The van der Waals surface area contributed by atoms with Gasteiger partial charge in [0.2, 0.25) is 0 Å². The molecule has 0 aliphatic heterocycles. The predicted molar refractivity (Wildman–Crippen MR) is 49.8 cm³/mol. The van der Waals surface area contributed by atoms with Crippen LogP contribution in [0, 0.1) is 0 Å². The molecule has 15 heavy (non-hydrogen) atoms. The van der Waals surface area contributed by atoms with Crippen molar-refractivity contribution in [3.05, 3.63) is 0 Å². The molecule has 0 aliphatic rings. The third-order valence-corrected chi connectivity index (χ3v) is 1.34. The third-order valence-electron chi connectivity index (χ3n) is 1.34. The zero-order chi connectivity index (χ0) is 11.9. The molecule has 0 fully saturated rings. The highest BCUT2D eigenvalue weighted by molar-refractivity contribution is 5.71. The smallest absolute Gasteiger partial charge is 0.342 e. The number of carbonyl (C=O) groups is 2. The molecule has 0 amide bonds. The number of aliphatic hydroxyl groups is 1. The lowest BCUT2D eigenvalue weighted by Gasteiger charge is -2.15. The van der Waals surface area contributed by atoms with Crippen LogP contribution in [0.15, 0.2) is 0 Å². The molecule has 0 aromatic carbocycles. The lowest BCUT2D eigenvalue weighted by Crippen LogP contribution is -2.26. The maximum Gasteiger partial charge on any atom is 0.342 e. The molecule has 0 aliphatic carbocycles. The van der Waals surface area contributed by atoms with Crippen molar-refractivity contribution >= 4 is 11.9 Å². The Morgan fingerprint density at radius 3 is 2.33 bits per heavy atom. The molecule has 0 rings (SSSR count). The highest BCUT2D eigenvalue weighted by Gasteiger charge is 2.14. The lowest BCUT2D eigenvalue weighted by molar-refractivity contribution is -0.289. The van der Waals surface area contributed by atoms with E-state index in [4.69, 9.17) is 5.11 Å². The molecule has 6 heteroatoms. The number of carboxylic acid groups (broad SMARTS) is 1. The molecule has 2 N–H and O–H groups in total. The van der Waals surface area contributed by atoms with Gasteiger partial charge in [0.1, 0.15) is 6.61 Å². The Bertz CT molecular complexity index is 217. The van der Waals surface area contributed by atoms with Crippen LogP contribution in [0.5, 0.6) is 0 Å². The number of carboxylic acids is 1. The van der Waals surface area contributed by atoms with Crippen molar-refractivity contribution in [1.29, 1.82) is 0 Å². The van der Waals surface area contributed by atoms with E-state index >= 15 is 0 Å². The molecule has 88 valence electrons. The van der Waals surface area contributed by atoms with Gasteiger partial charge in [-0.25, -0.2) is 4.79 Å². The van der Waals surface area contributed by atoms with Crippen molar-refractivity contribution in [3.63, 3.8) is 0 Å². The highest BCUT2D eigenvalue weighted by atomic mass is 17.2. The van der Waals surface area contributed by atoms with Crippen LogP contribution >= 0.6 is 0 Å². The summed E-state index contributed by atoms with van der Waals surface area (Å²) in [5.74, 6) is -1.60. The first-order chi connectivity index (χ1) is 6.81. The Kier molecular flexibility index (Phi) is 5.88. The topological polar surface area (TPSA) is 93.1 Å². The number of rotatable bonds is 7. The summed E-state index contributed by atoms with van der Waals surface area (Å²) >= 11 is 0. The van der Waals surface area contributed by atoms with Crippen LogP contribution in [0.1, 0.15) is 33.1 Å². The van der Waals surface area contributed by atoms with Crippen molar-refractivity contribution in [1.82, 2.24) is 0 Å². The minimum absolute atomic E-state index is 0.0157. The van der Waals surface area contributed by atoms with E-state index in [2.05, 4.69) is 9.78 Å². The average Bonchev–Trinajstić information content (AvgIpc) is 2.00. The van der Waals surface area contributed by atoms with Gasteiger partial charge in [0.05, 0.1) is 5.60 Å². The van der Waals surface area contributed by atoms with Crippen molar-refractivity contribution in [2.45, 2.75) is 38.7 Å². The van der Waals surface area contributed by atoms with E-state index in [0.717, 1.165) is 0 Å². The zero-order valence-electron chi connectivity index (χ0n) is 8.86. The molecular formula is C9H16O6. The van der Waals surface area contributed by atoms with Crippen LogP contribution < -0.4 is 0 Å². The first-order valence-electron chi connectivity index (χ1n) is 4.58. The lowest BCUT2D eigenvalue weighted by atomic mass is 10.2. The van der Waals surface area contributed by atoms with Gasteiger partial charge in [0, 0.05) is 12.8 Å². The molecule has 0 radical (unpaired) electrons. The Hall–Kier alpha value is -1.14. The van der Waals surface area contributed by atoms with Crippen LogP contribution in [-0.2, 0) is 19.4 Å². The Balaban J connectivity index is 3.46. The van der Waals surface area contributed by atoms with E-state index in [1.54, 1.807) is 0 Å². The van der Waals surface area contributed by atoms with Crippen LogP contribution in [0.3, 0.4) is 0 Å². The van der Waals surface area contributed by atoms with Gasteiger partial charge in [-0.2, -0.15) is 4.89 Å². The molecule has 0 bridgehead atoms. The molecule has 0 saturated carbocycles. The number of hydrogen-bond acceptors (Lipinski definition) is 5. The Morgan fingerprint density at radius 1 is 1.27 bits per heavy atom. The third kappa shape index (κ3) is 10.8. The fourth-order valence-corrected chi connectivity index (χ4v) is 0.665. The number of aliphatic carboxylic acids is 1. The summed E-state index contributed by atoms with van der Waals surface area (Å²) < 4.78 is 0. The molecule has 6 nitrogen and oxygen atoms in total. The quantitative estimate of drug-likeness (QED) is 0.479. The van der Waals surface area contributed by atoms with Gasteiger partial charge >= 0.3 is 11.9 Å². The number of hydrogen-bond donors (Lipinski definition) is 2. The Morgan fingerprint density at radius 2 is 1.87 bits per heavy atom. The van der Waals surface area contributed by atoms with Gasteiger partial charge in [-0.05, 0) is 20.3 Å². The average molecular weight is 220 g/mol. The molecule has 0 saturated heterocycles. The summed E-state index contributed by atoms with van der Waals surface area (Å²) in [6, 6.07) is 0. The first kappa shape index (κ1) is 13.9. The molecule has 0 atom stereocenters. The zero-order valence-corrected chi connectivity index (χ0v) is 8.86. The van der Waals surface area contributed by atoms with E-state index in [9.17, 15) is 14.7 Å². The van der Waals surface area contributed by atoms with Gasteiger partial charge in [0.25, 0.3) is 0 Å². The van der Waals surface area contributed by atoms with Crippen molar-refractivity contribution < 1.29 is 29.6 Å². The van der Waals surface area contributed by atoms with E-state index < -0.39 is 17.5 Å². The second kappa shape index (κ2) is 6.36. The van der Waals surface area contributed by atoms with Crippen molar-refractivity contribution in [3.8, 4) is 0 Å². The monoisotopic (exact) mass is 220 g/mol. The predicted octanol–water partition coefficient (Wildman–Crippen LogP) is 0.487. The second-order valence-corrected chi connectivity index (χ2v) is 3.78. The van der Waals surface area contributed by atoms with Gasteiger partial charge < -0.3 is 10.2 Å². The van der Waals surface area contributed by atoms with Gasteiger partial charge in [0.15, 0.2) is 0 Å². The van der Waals surface area contributed by atoms with Crippen LogP contribution in [-0.4, -0.2) is 34.4 Å². The normalized spacial score (nSPS) is 11.1. The first-order valence-corrected chi connectivity index (χ1v) is 4.58. The fraction of sp³-hybridized carbons (Fsp3) is 0.778. The number of carbonyl (C=O) groups excluding carboxylic acids is 1.